The van der Waals surface area contributed by atoms with Crippen molar-refractivity contribution in [3.8, 4) is 0 Å². The molecule has 0 bridgehead atoms. The Bertz CT molecular complexity index is 260. The molecule has 0 aliphatic rings. The second-order valence-electron chi connectivity index (χ2n) is 4.97. The third-order valence-electron chi connectivity index (χ3n) is 3.06. The fourth-order valence-corrected chi connectivity index (χ4v) is 4.70. The second-order valence-corrected chi connectivity index (χ2v) is 7.64. The SMILES string of the molecule is CCCCCC(SSC(CCCCC)C(N)=O)C(N)=O. The Morgan fingerprint density at radius 3 is 1.40 bits per heavy atom. The standard InChI is InChI=1S/C14H28N2O2S2/c1-3-5-7-9-11(13(15)17)19-20-12(14(16)18)10-8-6-4-2/h11-12H,3-10H2,1-2H3,(H2,15,17)(H2,16,18). The molecule has 0 rings (SSSR count). The van der Waals surface area contributed by atoms with Gasteiger partial charge in [0.05, 0.1) is 10.5 Å². The van der Waals surface area contributed by atoms with Crippen molar-refractivity contribution >= 4 is 33.4 Å². The number of unbranched alkanes of at least 4 members (excludes halogenated alkanes) is 4. The summed E-state index contributed by atoms with van der Waals surface area (Å²) in [6, 6.07) is 0. The van der Waals surface area contributed by atoms with Crippen molar-refractivity contribution in [3.05, 3.63) is 0 Å². The van der Waals surface area contributed by atoms with E-state index in [2.05, 4.69) is 13.8 Å². The van der Waals surface area contributed by atoms with Crippen LogP contribution >= 0.6 is 21.6 Å². The summed E-state index contributed by atoms with van der Waals surface area (Å²) < 4.78 is 0. The fraction of sp³-hybridized carbons (Fsp3) is 0.857. The molecule has 6 heteroatoms. The second kappa shape index (κ2) is 12.4. The van der Waals surface area contributed by atoms with Gasteiger partial charge in [0.1, 0.15) is 0 Å². The zero-order chi connectivity index (χ0) is 15.4. The van der Waals surface area contributed by atoms with Gasteiger partial charge in [0.2, 0.25) is 11.8 Å². The van der Waals surface area contributed by atoms with E-state index < -0.39 is 0 Å². The molecule has 0 spiro atoms. The molecule has 0 fully saturated rings. The number of carbonyl (C=O) groups is 2. The normalized spacial score (nSPS) is 13.9. The fourth-order valence-electron chi connectivity index (χ4n) is 1.77. The zero-order valence-electron chi connectivity index (χ0n) is 12.6. The van der Waals surface area contributed by atoms with Crippen molar-refractivity contribution in [1.82, 2.24) is 0 Å². The number of carbonyl (C=O) groups excluding carboxylic acids is 2. The van der Waals surface area contributed by atoms with Gasteiger partial charge in [0.15, 0.2) is 0 Å². The Morgan fingerprint density at radius 1 is 0.800 bits per heavy atom. The van der Waals surface area contributed by atoms with Crippen LogP contribution in [0, 0.1) is 0 Å². The molecule has 4 nitrogen and oxygen atoms in total. The molecule has 0 aliphatic carbocycles. The largest absolute Gasteiger partial charge is 0.369 e. The van der Waals surface area contributed by atoms with E-state index in [1.807, 2.05) is 0 Å². The molecule has 2 amide bonds. The van der Waals surface area contributed by atoms with Crippen LogP contribution in [0.5, 0.6) is 0 Å². The highest BCUT2D eigenvalue weighted by molar-refractivity contribution is 8.77. The summed E-state index contributed by atoms with van der Waals surface area (Å²) in [5.41, 5.74) is 10.8. The molecular formula is C14H28N2O2S2. The smallest absolute Gasteiger partial charge is 0.231 e. The summed E-state index contributed by atoms with van der Waals surface area (Å²) in [6.07, 6.45) is 7.98. The molecule has 0 aromatic carbocycles. The predicted molar refractivity (Wildman–Crippen MR) is 89.4 cm³/mol. The monoisotopic (exact) mass is 320 g/mol. The van der Waals surface area contributed by atoms with Gasteiger partial charge >= 0.3 is 0 Å². The first kappa shape index (κ1) is 19.6. The lowest BCUT2D eigenvalue weighted by Crippen LogP contribution is -2.28. The van der Waals surface area contributed by atoms with Gasteiger partial charge in [-0.25, -0.2) is 0 Å². The van der Waals surface area contributed by atoms with Crippen LogP contribution in [0.25, 0.3) is 0 Å². The number of hydrogen-bond acceptors (Lipinski definition) is 4. The number of rotatable bonds is 13. The highest BCUT2D eigenvalue weighted by Gasteiger charge is 2.22. The molecular weight excluding hydrogens is 292 g/mol. The molecule has 0 radical (unpaired) electrons. The van der Waals surface area contributed by atoms with Crippen molar-refractivity contribution in [2.24, 2.45) is 11.5 Å². The van der Waals surface area contributed by atoms with Crippen LogP contribution in [0.2, 0.25) is 0 Å². The highest BCUT2D eigenvalue weighted by atomic mass is 33.1. The predicted octanol–water partition coefficient (Wildman–Crippen LogP) is 3.24. The minimum absolute atomic E-state index is 0.223. The summed E-state index contributed by atoms with van der Waals surface area (Å²) in [4.78, 5) is 22.8. The van der Waals surface area contributed by atoms with Crippen molar-refractivity contribution in [1.29, 1.82) is 0 Å². The Balaban J connectivity index is 4.18. The van der Waals surface area contributed by atoms with Crippen LogP contribution in [-0.4, -0.2) is 22.3 Å². The lowest BCUT2D eigenvalue weighted by atomic mass is 10.1. The van der Waals surface area contributed by atoms with Gasteiger partial charge in [-0.05, 0) is 12.8 Å². The molecule has 20 heavy (non-hydrogen) atoms. The van der Waals surface area contributed by atoms with Crippen molar-refractivity contribution in [3.63, 3.8) is 0 Å². The van der Waals surface area contributed by atoms with E-state index in [0.29, 0.717) is 0 Å². The molecule has 118 valence electrons. The van der Waals surface area contributed by atoms with Crippen LogP contribution < -0.4 is 11.5 Å². The maximum absolute atomic E-state index is 11.4. The Hall–Kier alpha value is -0.360. The summed E-state index contributed by atoms with van der Waals surface area (Å²) in [7, 11) is 2.83. The molecule has 0 aromatic heterocycles. The van der Waals surface area contributed by atoms with Gasteiger partial charge in [0, 0.05) is 0 Å². The van der Waals surface area contributed by atoms with E-state index in [9.17, 15) is 9.59 Å². The highest BCUT2D eigenvalue weighted by Crippen LogP contribution is 2.35. The quantitative estimate of drug-likeness (QED) is 0.403. The van der Waals surface area contributed by atoms with E-state index in [4.69, 9.17) is 11.5 Å². The maximum atomic E-state index is 11.4. The summed E-state index contributed by atoms with van der Waals surface area (Å²) >= 11 is 0. The lowest BCUT2D eigenvalue weighted by Gasteiger charge is -2.16. The Labute approximate surface area is 130 Å². The van der Waals surface area contributed by atoms with Crippen LogP contribution in [-0.2, 0) is 9.59 Å². The van der Waals surface area contributed by atoms with E-state index >= 15 is 0 Å². The topological polar surface area (TPSA) is 86.2 Å². The molecule has 0 saturated carbocycles. The van der Waals surface area contributed by atoms with Crippen LogP contribution in [0.15, 0.2) is 0 Å². The Kier molecular flexibility index (Phi) is 12.2. The van der Waals surface area contributed by atoms with Gasteiger partial charge in [-0.15, -0.1) is 0 Å². The third kappa shape index (κ3) is 9.53. The minimum Gasteiger partial charge on any atom is -0.369 e. The van der Waals surface area contributed by atoms with Crippen LogP contribution in [0.4, 0.5) is 0 Å². The maximum Gasteiger partial charge on any atom is 0.231 e. The Morgan fingerprint density at radius 2 is 1.15 bits per heavy atom. The van der Waals surface area contributed by atoms with E-state index in [1.165, 1.54) is 21.6 Å². The zero-order valence-corrected chi connectivity index (χ0v) is 14.2. The molecule has 0 saturated heterocycles. The number of primary amides is 2. The summed E-state index contributed by atoms with van der Waals surface area (Å²) in [5, 5.41) is -0.445. The minimum atomic E-state index is -0.296. The molecule has 0 aromatic rings. The molecule has 2 unspecified atom stereocenters. The van der Waals surface area contributed by atoms with Gasteiger partial charge in [0.25, 0.3) is 0 Å². The molecule has 2 atom stereocenters. The first-order chi connectivity index (χ1) is 9.52. The summed E-state index contributed by atoms with van der Waals surface area (Å²) in [5.74, 6) is -0.592. The van der Waals surface area contributed by atoms with Gasteiger partial charge in [-0.1, -0.05) is 74.0 Å². The van der Waals surface area contributed by atoms with E-state index in [-0.39, 0.29) is 22.3 Å². The number of nitrogens with two attached hydrogens (primary N) is 2. The molecule has 0 aliphatic heterocycles. The van der Waals surface area contributed by atoms with Gasteiger partial charge in [-0.3, -0.25) is 9.59 Å². The molecule has 4 N–H and O–H groups in total. The first-order valence-corrected chi connectivity index (χ1v) is 9.71. The molecule has 0 heterocycles. The van der Waals surface area contributed by atoms with Crippen LogP contribution in [0.3, 0.4) is 0 Å². The summed E-state index contributed by atoms with van der Waals surface area (Å²) in [6.45, 7) is 4.25. The van der Waals surface area contributed by atoms with Gasteiger partial charge in [-0.2, -0.15) is 0 Å². The van der Waals surface area contributed by atoms with Crippen molar-refractivity contribution in [2.75, 3.05) is 0 Å². The number of hydrogen-bond donors (Lipinski definition) is 2. The van der Waals surface area contributed by atoms with E-state index in [0.717, 1.165) is 51.4 Å². The first-order valence-electron chi connectivity index (χ1n) is 7.43. The average Bonchev–Trinajstić information content (AvgIpc) is 2.39. The van der Waals surface area contributed by atoms with E-state index in [1.54, 1.807) is 0 Å². The van der Waals surface area contributed by atoms with Crippen molar-refractivity contribution < 1.29 is 9.59 Å². The van der Waals surface area contributed by atoms with Crippen molar-refractivity contribution in [2.45, 2.75) is 75.7 Å². The average molecular weight is 321 g/mol. The lowest BCUT2D eigenvalue weighted by molar-refractivity contribution is -0.118. The third-order valence-corrected chi connectivity index (χ3v) is 6.30. The number of amides is 2. The van der Waals surface area contributed by atoms with Crippen LogP contribution in [0.1, 0.15) is 65.2 Å². The van der Waals surface area contributed by atoms with Gasteiger partial charge < -0.3 is 11.5 Å².